The van der Waals surface area contributed by atoms with Gasteiger partial charge in [0, 0.05) is 17.7 Å². The molecule has 4 aromatic heterocycles. The van der Waals surface area contributed by atoms with Gasteiger partial charge < -0.3 is 13.6 Å². The zero-order valence-corrected chi connectivity index (χ0v) is 29.1. The Balaban J connectivity index is 1.51. The van der Waals surface area contributed by atoms with Crippen LogP contribution in [0.1, 0.15) is 13.8 Å². The van der Waals surface area contributed by atoms with E-state index in [0.29, 0.717) is 28.1 Å². The fraction of sp³-hybridized carbons (Fsp3) is 0.158. The van der Waals surface area contributed by atoms with E-state index in [1.807, 2.05) is 97.1 Å². The number of pyridine rings is 4. The molecule has 0 amide bonds. The van der Waals surface area contributed by atoms with Crippen molar-refractivity contribution in [2.24, 2.45) is 0 Å². The minimum atomic E-state index is -3.43. The lowest BCUT2D eigenvalue weighted by atomic mass is 10.00. The standard InChI is InChI=1S/C38H36N4O4P2/c1-5-45-48(44,46-6-2)32-19-15-28(16-20-32)30-24-36(34-12-8-10-22-40-34)42-38(26-30)37-25-29(23-35(41-37)33-11-7-9-21-39-33)27-13-17-31(18-14-27)47(3,4)43/h7-26H,5-6H2,1-4H3. The van der Waals surface area contributed by atoms with Crippen LogP contribution in [0.2, 0.25) is 0 Å². The summed E-state index contributed by atoms with van der Waals surface area (Å²) in [7, 11) is -5.84. The van der Waals surface area contributed by atoms with Gasteiger partial charge in [0.05, 0.1) is 52.7 Å². The molecule has 48 heavy (non-hydrogen) atoms. The van der Waals surface area contributed by atoms with E-state index in [1.54, 1.807) is 51.7 Å². The molecule has 0 N–H and O–H groups in total. The second kappa shape index (κ2) is 14.3. The van der Waals surface area contributed by atoms with Crippen LogP contribution in [0.25, 0.3) is 56.4 Å². The topological polar surface area (TPSA) is 104 Å². The molecule has 6 aromatic rings. The van der Waals surface area contributed by atoms with Crippen molar-refractivity contribution in [1.29, 1.82) is 0 Å². The van der Waals surface area contributed by atoms with Crippen LogP contribution >= 0.6 is 14.7 Å². The maximum Gasteiger partial charge on any atom is 0.361 e. The molecule has 0 bridgehead atoms. The molecule has 0 aliphatic carbocycles. The number of rotatable bonds is 11. The third-order valence-electron chi connectivity index (χ3n) is 7.71. The van der Waals surface area contributed by atoms with Crippen LogP contribution in [-0.4, -0.2) is 46.5 Å². The first-order valence-electron chi connectivity index (χ1n) is 15.7. The largest absolute Gasteiger partial charge is 0.361 e. The Bertz CT molecular complexity index is 2110. The molecule has 10 heteroatoms. The van der Waals surface area contributed by atoms with Crippen LogP contribution in [0.15, 0.2) is 122 Å². The number of benzene rings is 2. The first kappa shape index (κ1) is 33.3. The van der Waals surface area contributed by atoms with E-state index in [9.17, 15) is 9.13 Å². The number of aromatic nitrogens is 4. The van der Waals surface area contributed by atoms with Gasteiger partial charge in [0.25, 0.3) is 0 Å². The molecular weight excluding hydrogens is 638 g/mol. The molecule has 8 nitrogen and oxygen atoms in total. The molecule has 6 rings (SSSR count). The van der Waals surface area contributed by atoms with Gasteiger partial charge in [-0.3, -0.25) is 14.5 Å². The molecular formula is C38H36N4O4P2. The van der Waals surface area contributed by atoms with Gasteiger partial charge in [-0.1, -0.05) is 48.5 Å². The average Bonchev–Trinajstić information content (AvgIpc) is 3.12. The minimum absolute atomic E-state index is 0.273. The summed E-state index contributed by atoms with van der Waals surface area (Å²) in [4.78, 5) is 19.3. The predicted octanol–water partition coefficient (Wildman–Crippen LogP) is 8.74. The SMILES string of the molecule is CCOP(=O)(OCC)c1ccc(-c2cc(-c3ccccn3)nc(-c3cc(-c4ccc(P(C)(C)=O)cc4)cc(-c4ccccn4)n3)c2)cc1. The maximum atomic E-state index is 13.4. The van der Waals surface area contributed by atoms with Gasteiger partial charge >= 0.3 is 7.60 Å². The molecule has 0 saturated carbocycles. The molecule has 0 spiro atoms. The average molecular weight is 675 g/mol. The van der Waals surface area contributed by atoms with Crippen molar-refractivity contribution in [3.05, 3.63) is 122 Å². The summed E-state index contributed by atoms with van der Waals surface area (Å²) in [5.74, 6) is 0. The summed E-state index contributed by atoms with van der Waals surface area (Å²) >= 11 is 0. The highest BCUT2D eigenvalue weighted by atomic mass is 31.2. The summed E-state index contributed by atoms with van der Waals surface area (Å²) in [6.45, 7) is 7.68. The minimum Gasteiger partial charge on any atom is -0.319 e. The van der Waals surface area contributed by atoms with Crippen LogP contribution in [0.5, 0.6) is 0 Å². The number of hydrogen-bond donors (Lipinski definition) is 0. The molecule has 242 valence electrons. The second-order valence-electron chi connectivity index (χ2n) is 11.5. The summed E-state index contributed by atoms with van der Waals surface area (Å²) in [6, 6.07) is 34.7. The van der Waals surface area contributed by atoms with E-state index < -0.39 is 14.7 Å². The van der Waals surface area contributed by atoms with E-state index in [1.165, 1.54) is 0 Å². The smallest absolute Gasteiger partial charge is 0.319 e. The molecule has 0 atom stereocenters. The van der Waals surface area contributed by atoms with E-state index in [2.05, 4.69) is 9.97 Å². The van der Waals surface area contributed by atoms with Gasteiger partial charge in [-0.05, 0) is 110 Å². The highest BCUT2D eigenvalue weighted by molar-refractivity contribution is 7.70. The quantitative estimate of drug-likeness (QED) is 0.126. The molecule has 0 radical (unpaired) electrons. The molecule has 0 unspecified atom stereocenters. The first-order valence-corrected chi connectivity index (χ1v) is 19.8. The van der Waals surface area contributed by atoms with E-state index in [0.717, 1.165) is 38.9 Å². The number of hydrogen-bond acceptors (Lipinski definition) is 8. The second-order valence-corrected chi connectivity index (χ2v) is 16.7. The van der Waals surface area contributed by atoms with Crippen molar-refractivity contribution >= 4 is 25.3 Å². The zero-order chi connectivity index (χ0) is 33.7. The monoisotopic (exact) mass is 674 g/mol. The number of nitrogens with zero attached hydrogens (tertiary/aromatic N) is 4. The highest BCUT2D eigenvalue weighted by Gasteiger charge is 2.26. The lowest BCUT2D eigenvalue weighted by molar-refractivity contribution is 0.230. The summed E-state index contributed by atoms with van der Waals surface area (Å²) < 4.78 is 37.2. The molecule has 2 aromatic carbocycles. The Morgan fingerprint density at radius 2 is 0.896 bits per heavy atom. The molecule has 0 aliphatic heterocycles. The summed E-state index contributed by atoms with van der Waals surface area (Å²) in [5.41, 5.74) is 7.78. The van der Waals surface area contributed by atoms with Gasteiger partial charge in [0.2, 0.25) is 0 Å². The third-order valence-corrected chi connectivity index (χ3v) is 11.4. The van der Waals surface area contributed by atoms with Crippen molar-refractivity contribution in [2.75, 3.05) is 26.5 Å². The molecule has 0 saturated heterocycles. The Morgan fingerprint density at radius 3 is 1.25 bits per heavy atom. The Kier molecular flexibility index (Phi) is 9.91. The lowest BCUT2D eigenvalue weighted by Crippen LogP contribution is -2.10. The van der Waals surface area contributed by atoms with Gasteiger partial charge in [-0.15, -0.1) is 0 Å². The van der Waals surface area contributed by atoms with Crippen LogP contribution in [0.3, 0.4) is 0 Å². The molecule has 4 heterocycles. The fourth-order valence-corrected chi connectivity index (χ4v) is 7.76. The fourth-order valence-electron chi connectivity index (χ4n) is 5.32. The van der Waals surface area contributed by atoms with Gasteiger partial charge in [0.15, 0.2) is 0 Å². The van der Waals surface area contributed by atoms with Crippen molar-refractivity contribution in [1.82, 2.24) is 19.9 Å². The molecule has 0 aliphatic rings. The normalized spacial score (nSPS) is 11.8. The van der Waals surface area contributed by atoms with Crippen LogP contribution in [0.4, 0.5) is 0 Å². The van der Waals surface area contributed by atoms with Gasteiger partial charge in [0.1, 0.15) is 7.14 Å². The Morgan fingerprint density at radius 1 is 0.500 bits per heavy atom. The first-order chi connectivity index (χ1) is 23.2. The van der Waals surface area contributed by atoms with Crippen LogP contribution < -0.4 is 10.6 Å². The lowest BCUT2D eigenvalue weighted by Gasteiger charge is -2.17. The van der Waals surface area contributed by atoms with E-state index in [-0.39, 0.29) is 13.2 Å². The predicted molar refractivity (Wildman–Crippen MR) is 194 cm³/mol. The van der Waals surface area contributed by atoms with Gasteiger partial charge in [-0.2, -0.15) is 0 Å². The third kappa shape index (κ3) is 7.43. The van der Waals surface area contributed by atoms with Crippen molar-refractivity contribution in [3.63, 3.8) is 0 Å². The van der Waals surface area contributed by atoms with Crippen molar-refractivity contribution in [3.8, 4) is 56.4 Å². The van der Waals surface area contributed by atoms with Crippen molar-refractivity contribution in [2.45, 2.75) is 13.8 Å². The van der Waals surface area contributed by atoms with Gasteiger partial charge in [-0.25, -0.2) is 9.97 Å². The maximum absolute atomic E-state index is 13.4. The van der Waals surface area contributed by atoms with E-state index >= 15 is 0 Å². The van der Waals surface area contributed by atoms with Crippen molar-refractivity contribution < 1.29 is 18.2 Å². The highest BCUT2D eigenvalue weighted by Crippen LogP contribution is 2.47. The van der Waals surface area contributed by atoms with Crippen LogP contribution in [0, 0.1) is 0 Å². The zero-order valence-electron chi connectivity index (χ0n) is 27.3. The Labute approximate surface area is 281 Å². The van der Waals surface area contributed by atoms with E-state index in [4.69, 9.17) is 19.0 Å². The van der Waals surface area contributed by atoms with Crippen LogP contribution in [-0.2, 0) is 18.2 Å². The summed E-state index contributed by atoms with van der Waals surface area (Å²) in [6.07, 6.45) is 3.49. The molecule has 0 fully saturated rings. The Hall–Kier alpha value is -4.58. The summed E-state index contributed by atoms with van der Waals surface area (Å²) in [5, 5.41) is 1.32.